The van der Waals surface area contributed by atoms with Gasteiger partial charge < -0.3 is 47.4 Å². The molecule has 5 aliphatic rings. The Balaban J connectivity index is 0.978. The van der Waals surface area contributed by atoms with Gasteiger partial charge in [0.05, 0.1) is 82.4 Å². The van der Waals surface area contributed by atoms with Gasteiger partial charge in [0.1, 0.15) is 23.7 Å². The Morgan fingerprint density at radius 3 is 1.31 bits per heavy atom. The monoisotopic (exact) mass is 1110 g/mol. The smallest absolute Gasteiger partial charge is 0.338 e. The highest BCUT2D eigenvalue weighted by Crippen LogP contribution is 2.59. The summed E-state index contributed by atoms with van der Waals surface area (Å²) in [6.07, 6.45) is 14.5. The van der Waals surface area contributed by atoms with Crippen LogP contribution in [0.3, 0.4) is 0 Å². The standard InChI is InChI=1S/C57H75NO17S2/c1-6-47(59)69-33-10-8-31-67-41-20-12-37(13-21-41)52(61)72-43-24-16-39(17-25-43)54(63)74-45-28-29-46(51-50(45)76-57(77-51)49(58-4)56(65)71-35-30-36(3)66-5)75-55(64)40-18-26-44(27-19-40)73-53(62)38-14-22-42(23-15-38)68-32-9-11-34-70-48(60)7-2/h6-7,28-29,36-44H,1-2,8-27,30-35H2,3,5H3. The highest BCUT2D eigenvalue weighted by atomic mass is 32.2. The first-order valence-corrected chi connectivity index (χ1v) is 28.9. The maximum absolute atomic E-state index is 13.8. The first-order chi connectivity index (χ1) is 37.3. The third kappa shape index (κ3) is 19.3. The molecule has 1 unspecified atom stereocenters. The molecule has 422 valence electrons. The molecule has 0 aromatic heterocycles. The molecule has 1 aromatic rings. The maximum Gasteiger partial charge on any atom is 0.338 e. The van der Waals surface area contributed by atoms with Gasteiger partial charge in [-0.3, -0.25) is 24.0 Å². The molecule has 6 rings (SSSR count). The van der Waals surface area contributed by atoms with Gasteiger partial charge in [-0.25, -0.2) is 14.4 Å². The van der Waals surface area contributed by atoms with E-state index < -0.39 is 41.7 Å². The van der Waals surface area contributed by atoms with Gasteiger partial charge in [0.15, 0.2) is 0 Å². The van der Waals surface area contributed by atoms with E-state index in [-0.39, 0.29) is 82.3 Å². The van der Waals surface area contributed by atoms with Crippen LogP contribution >= 0.6 is 23.5 Å². The van der Waals surface area contributed by atoms with Gasteiger partial charge in [0.2, 0.25) is 0 Å². The zero-order valence-corrected chi connectivity index (χ0v) is 46.1. The largest absolute Gasteiger partial charge is 0.470 e. The summed E-state index contributed by atoms with van der Waals surface area (Å²) in [5.74, 6) is -4.03. The minimum Gasteiger partial charge on any atom is -0.470 e. The van der Waals surface area contributed by atoms with Gasteiger partial charge in [-0.05, 0) is 147 Å². The molecule has 0 radical (unpaired) electrons. The van der Waals surface area contributed by atoms with Crippen LogP contribution in [0.5, 0.6) is 11.5 Å². The van der Waals surface area contributed by atoms with Crippen molar-refractivity contribution in [3.63, 3.8) is 0 Å². The van der Waals surface area contributed by atoms with Gasteiger partial charge in [-0.2, -0.15) is 0 Å². The van der Waals surface area contributed by atoms with Crippen LogP contribution in [0.2, 0.25) is 0 Å². The number of esters is 7. The van der Waals surface area contributed by atoms with E-state index in [0.29, 0.717) is 133 Å². The van der Waals surface area contributed by atoms with E-state index >= 15 is 0 Å². The first-order valence-electron chi connectivity index (χ1n) is 27.3. The number of carbonyl (C=O) groups is 7. The number of carbonyl (C=O) groups excluding carboxylic acids is 7. The van der Waals surface area contributed by atoms with Crippen LogP contribution < -0.4 is 9.47 Å². The molecule has 4 fully saturated rings. The molecule has 0 bridgehead atoms. The summed E-state index contributed by atoms with van der Waals surface area (Å²) in [4.78, 5) is 94.0. The lowest BCUT2D eigenvalue weighted by Crippen LogP contribution is -2.33. The van der Waals surface area contributed by atoms with Gasteiger partial charge in [0.25, 0.3) is 5.70 Å². The van der Waals surface area contributed by atoms with E-state index in [1.807, 2.05) is 6.92 Å². The molecule has 1 atom stereocenters. The van der Waals surface area contributed by atoms with Crippen LogP contribution in [0.1, 0.15) is 142 Å². The van der Waals surface area contributed by atoms with E-state index in [4.69, 9.17) is 53.9 Å². The molecular weight excluding hydrogens is 1030 g/mol. The van der Waals surface area contributed by atoms with Crippen molar-refractivity contribution >= 4 is 65.3 Å². The predicted molar refractivity (Wildman–Crippen MR) is 283 cm³/mol. The molecule has 0 amide bonds. The molecule has 20 heteroatoms. The van der Waals surface area contributed by atoms with Crippen LogP contribution in [-0.2, 0) is 71.5 Å². The van der Waals surface area contributed by atoms with E-state index in [1.54, 1.807) is 19.2 Å². The normalized spacial score (nSPS) is 24.4. The number of hydrogen-bond donors (Lipinski definition) is 0. The molecule has 1 aromatic carbocycles. The summed E-state index contributed by atoms with van der Waals surface area (Å²) in [5.41, 5.74) is -0.255. The summed E-state index contributed by atoms with van der Waals surface area (Å²) in [7, 11) is 1.55. The van der Waals surface area contributed by atoms with Crippen molar-refractivity contribution in [1.82, 2.24) is 0 Å². The lowest BCUT2D eigenvalue weighted by Gasteiger charge is -2.31. The number of nitrogens with zero attached hydrogens (tertiary/aromatic N) is 1. The van der Waals surface area contributed by atoms with Gasteiger partial charge in [-0.15, -0.1) is 0 Å². The van der Waals surface area contributed by atoms with Crippen molar-refractivity contribution in [3.8, 4) is 11.5 Å². The molecule has 4 saturated carbocycles. The Morgan fingerprint density at radius 2 is 0.935 bits per heavy atom. The predicted octanol–water partition coefficient (Wildman–Crippen LogP) is 10.1. The van der Waals surface area contributed by atoms with Crippen LogP contribution in [-0.4, -0.2) is 112 Å². The fraction of sp³-hybridized carbons (Fsp3) is 0.649. The van der Waals surface area contributed by atoms with Crippen molar-refractivity contribution in [2.24, 2.45) is 23.7 Å². The number of ether oxygens (including phenoxy) is 10. The SMILES string of the molecule is [C-]#[N+]C(C(=O)OCCC(C)OC)=C1Sc2c(OC(=O)C3CCC(OC(=O)C4CCC(OCCCCOC(=O)C=C)CC4)CC3)ccc(OC(=O)C3CCC(OC(=O)C4CCC(OCCCCOC(=O)C=C)CC4)CC3)c2S1. The zero-order valence-electron chi connectivity index (χ0n) is 44.5. The summed E-state index contributed by atoms with van der Waals surface area (Å²) in [6.45, 7) is 18.3. The molecule has 0 saturated heterocycles. The number of unbranched alkanes of at least 4 members (excludes halogenated alkanes) is 2. The van der Waals surface area contributed by atoms with E-state index in [2.05, 4.69) is 18.0 Å². The molecule has 0 N–H and O–H groups in total. The molecule has 18 nitrogen and oxygen atoms in total. The van der Waals surface area contributed by atoms with Gasteiger partial charge in [-0.1, -0.05) is 36.7 Å². The molecule has 1 aliphatic heterocycles. The Hall–Kier alpha value is -5.20. The number of benzene rings is 1. The summed E-state index contributed by atoms with van der Waals surface area (Å²) in [5, 5.41) is 0. The fourth-order valence-corrected chi connectivity index (χ4v) is 12.4. The lowest BCUT2D eigenvalue weighted by atomic mass is 9.86. The van der Waals surface area contributed by atoms with Crippen molar-refractivity contribution in [3.05, 3.63) is 58.8 Å². The summed E-state index contributed by atoms with van der Waals surface area (Å²) >= 11 is 2.13. The van der Waals surface area contributed by atoms with E-state index in [9.17, 15) is 33.6 Å². The number of hydrogen-bond acceptors (Lipinski definition) is 19. The minimum atomic E-state index is -0.815. The number of rotatable bonds is 27. The second-order valence-electron chi connectivity index (χ2n) is 20.2. The average molecular weight is 1110 g/mol. The minimum absolute atomic E-state index is 0.0342. The number of methoxy groups -OCH3 is 1. The number of fused-ring (bicyclic) bond motifs is 1. The zero-order chi connectivity index (χ0) is 55.1. The van der Waals surface area contributed by atoms with Crippen molar-refractivity contribution in [1.29, 1.82) is 0 Å². The molecule has 77 heavy (non-hydrogen) atoms. The second-order valence-corrected chi connectivity index (χ2v) is 22.5. The molecular formula is C57H75NO17S2. The average Bonchev–Trinajstić information content (AvgIpc) is 3.91. The Morgan fingerprint density at radius 1 is 0.558 bits per heavy atom. The fourth-order valence-electron chi connectivity index (χ4n) is 9.90. The van der Waals surface area contributed by atoms with E-state index in [0.717, 1.165) is 74.2 Å². The van der Waals surface area contributed by atoms with Crippen LogP contribution in [0.25, 0.3) is 4.85 Å². The van der Waals surface area contributed by atoms with Crippen molar-refractivity contribution in [2.75, 3.05) is 40.1 Å². The van der Waals surface area contributed by atoms with Crippen LogP contribution in [0.4, 0.5) is 0 Å². The topological polar surface area (TPSA) is 216 Å². The van der Waals surface area contributed by atoms with Crippen molar-refractivity contribution < 1.29 is 80.9 Å². The molecule has 4 aliphatic carbocycles. The van der Waals surface area contributed by atoms with Crippen LogP contribution in [0.15, 0.2) is 57.2 Å². The Bertz CT molecular complexity index is 2150. The lowest BCUT2D eigenvalue weighted by molar-refractivity contribution is -0.160. The van der Waals surface area contributed by atoms with Gasteiger partial charge >= 0.3 is 41.8 Å². The van der Waals surface area contributed by atoms with Crippen LogP contribution in [0, 0.1) is 30.2 Å². The van der Waals surface area contributed by atoms with E-state index in [1.165, 1.54) is 0 Å². The maximum atomic E-state index is 13.8. The molecule has 0 spiro atoms. The molecule has 1 heterocycles. The highest BCUT2D eigenvalue weighted by Gasteiger charge is 2.38. The third-order valence-electron chi connectivity index (χ3n) is 14.7. The van der Waals surface area contributed by atoms with Crippen molar-refractivity contribution in [2.45, 2.75) is 182 Å². The number of thioether (sulfide) groups is 2. The highest BCUT2D eigenvalue weighted by molar-refractivity contribution is 8.24. The second kappa shape index (κ2) is 32.0. The Kier molecular flexibility index (Phi) is 25.4. The quantitative estimate of drug-likeness (QED) is 0.0200. The Labute approximate surface area is 460 Å². The summed E-state index contributed by atoms with van der Waals surface area (Å²) in [6, 6.07) is 3.11. The summed E-state index contributed by atoms with van der Waals surface area (Å²) < 4.78 is 57.0. The first kappa shape index (κ1) is 61.0. The van der Waals surface area contributed by atoms with Gasteiger partial charge in [0, 0.05) is 38.9 Å². The third-order valence-corrected chi connectivity index (χ3v) is 17.3.